The number of hydrogen-bond donors (Lipinski definition) is 2. The van der Waals surface area contributed by atoms with Gasteiger partial charge in [-0.15, -0.1) is 0 Å². The Hall–Kier alpha value is -1.30. The van der Waals surface area contributed by atoms with Crippen molar-refractivity contribution in [2.24, 2.45) is 5.84 Å². The summed E-state index contributed by atoms with van der Waals surface area (Å²) in [6, 6.07) is 4.13. The molecule has 0 radical (unpaired) electrons. The minimum Gasteiger partial charge on any atom is -0.486 e. The summed E-state index contributed by atoms with van der Waals surface area (Å²) >= 11 is 0. The van der Waals surface area contributed by atoms with E-state index in [4.69, 9.17) is 15.3 Å². The van der Waals surface area contributed by atoms with E-state index in [1.54, 1.807) is 0 Å². The summed E-state index contributed by atoms with van der Waals surface area (Å²) in [7, 11) is 2.06. The molecule has 2 aliphatic heterocycles. The Balaban J connectivity index is 2.05. The van der Waals surface area contributed by atoms with E-state index in [1.807, 2.05) is 6.07 Å². The minimum atomic E-state index is 0.0505. The number of benzene rings is 1. The van der Waals surface area contributed by atoms with Gasteiger partial charge in [-0.3, -0.25) is 10.7 Å². The third-order valence-electron chi connectivity index (χ3n) is 3.43. The van der Waals surface area contributed by atoms with E-state index in [2.05, 4.69) is 23.4 Å². The van der Waals surface area contributed by atoms with Crippen molar-refractivity contribution < 1.29 is 9.47 Å². The van der Waals surface area contributed by atoms with Crippen molar-refractivity contribution in [1.29, 1.82) is 0 Å². The fraction of sp³-hybridized carbons (Fsp3) is 0.500. The Labute approximate surface area is 100 Å². The molecule has 0 saturated heterocycles. The first-order valence-electron chi connectivity index (χ1n) is 5.88. The fourth-order valence-corrected chi connectivity index (χ4v) is 2.50. The lowest BCUT2D eigenvalue weighted by Gasteiger charge is -2.35. The molecule has 0 bridgehead atoms. The maximum Gasteiger partial charge on any atom is 0.161 e. The van der Waals surface area contributed by atoms with Crippen LogP contribution in [0.1, 0.15) is 17.3 Å². The Morgan fingerprint density at radius 1 is 1.29 bits per heavy atom. The lowest BCUT2D eigenvalue weighted by Crippen LogP contribution is -2.43. The van der Waals surface area contributed by atoms with E-state index in [1.165, 1.54) is 11.1 Å². The zero-order chi connectivity index (χ0) is 11.8. The highest BCUT2D eigenvalue weighted by Crippen LogP contribution is 2.37. The van der Waals surface area contributed by atoms with Gasteiger partial charge < -0.3 is 9.47 Å². The van der Waals surface area contributed by atoms with Crippen molar-refractivity contribution in [3.63, 3.8) is 0 Å². The Bertz CT molecular complexity index is 436. The smallest absolute Gasteiger partial charge is 0.161 e. The molecule has 0 saturated carbocycles. The lowest BCUT2D eigenvalue weighted by atomic mass is 9.96. The summed E-state index contributed by atoms with van der Waals surface area (Å²) in [5.41, 5.74) is 5.32. The van der Waals surface area contributed by atoms with Gasteiger partial charge in [0.2, 0.25) is 0 Å². The van der Waals surface area contributed by atoms with Crippen LogP contribution in [0.15, 0.2) is 12.1 Å². The highest BCUT2D eigenvalue weighted by molar-refractivity contribution is 5.49. The summed E-state index contributed by atoms with van der Waals surface area (Å²) in [6.07, 6.45) is 1.07. The van der Waals surface area contributed by atoms with Crippen molar-refractivity contribution in [3.8, 4) is 11.5 Å². The molecule has 2 aliphatic rings. The zero-order valence-electron chi connectivity index (χ0n) is 9.90. The molecule has 5 heteroatoms. The maximum atomic E-state index is 5.62. The number of likely N-dealkylation sites (N-methyl/N-ethyl adjacent to an activating group) is 1. The monoisotopic (exact) mass is 235 g/mol. The van der Waals surface area contributed by atoms with E-state index < -0.39 is 0 Å². The zero-order valence-corrected chi connectivity index (χ0v) is 9.90. The molecule has 1 aromatic carbocycles. The molecule has 92 valence electrons. The van der Waals surface area contributed by atoms with Crippen molar-refractivity contribution in [2.45, 2.75) is 12.6 Å². The number of rotatable bonds is 1. The van der Waals surface area contributed by atoms with E-state index >= 15 is 0 Å². The number of nitrogens with two attached hydrogens (primary N) is 1. The molecule has 2 heterocycles. The van der Waals surface area contributed by atoms with Gasteiger partial charge in [-0.05, 0) is 36.7 Å². The molecule has 0 aliphatic carbocycles. The molecular weight excluding hydrogens is 218 g/mol. The van der Waals surface area contributed by atoms with Gasteiger partial charge in [0.1, 0.15) is 13.2 Å². The molecule has 0 fully saturated rings. The van der Waals surface area contributed by atoms with Crippen LogP contribution in [-0.2, 0) is 6.42 Å². The molecule has 0 spiro atoms. The number of ether oxygens (including phenoxy) is 2. The number of fused-ring (bicyclic) bond motifs is 2. The van der Waals surface area contributed by atoms with Crippen LogP contribution in [-0.4, -0.2) is 31.7 Å². The van der Waals surface area contributed by atoms with Gasteiger partial charge in [-0.2, -0.15) is 0 Å². The van der Waals surface area contributed by atoms with Crippen molar-refractivity contribution in [1.82, 2.24) is 10.3 Å². The van der Waals surface area contributed by atoms with Crippen LogP contribution in [0, 0.1) is 0 Å². The molecule has 1 atom stereocenters. The van der Waals surface area contributed by atoms with Gasteiger partial charge in [0.15, 0.2) is 11.5 Å². The largest absolute Gasteiger partial charge is 0.486 e. The van der Waals surface area contributed by atoms with Gasteiger partial charge in [-0.25, -0.2) is 5.43 Å². The Kier molecular flexibility index (Phi) is 2.66. The SMILES string of the molecule is CN1CCc2cc3c(cc2C1NN)OCCO3. The molecule has 1 aromatic rings. The number of hydrogen-bond acceptors (Lipinski definition) is 5. The summed E-state index contributed by atoms with van der Waals surface area (Å²) in [4.78, 5) is 2.19. The Morgan fingerprint density at radius 3 is 2.71 bits per heavy atom. The average molecular weight is 235 g/mol. The fourth-order valence-electron chi connectivity index (χ4n) is 2.50. The molecule has 0 aromatic heterocycles. The van der Waals surface area contributed by atoms with E-state index in [-0.39, 0.29) is 6.17 Å². The summed E-state index contributed by atoms with van der Waals surface area (Å²) < 4.78 is 11.2. The topological polar surface area (TPSA) is 59.8 Å². The van der Waals surface area contributed by atoms with Crippen LogP contribution in [0.2, 0.25) is 0 Å². The molecular formula is C12H17N3O2. The van der Waals surface area contributed by atoms with Crippen LogP contribution in [0.3, 0.4) is 0 Å². The lowest BCUT2D eigenvalue weighted by molar-refractivity contribution is 0.166. The van der Waals surface area contributed by atoms with Crippen LogP contribution < -0.4 is 20.7 Å². The molecule has 3 N–H and O–H groups in total. The third-order valence-corrected chi connectivity index (χ3v) is 3.43. The van der Waals surface area contributed by atoms with Gasteiger partial charge in [0.05, 0.1) is 6.17 Å². The van der Waals surface area contributed by atoms with Gasteiger partial charge >= 0.3 is 0 Å². The first-order chi connectivity index (χ1) is 8.29. The van der Waals surface area contributed by atoms with Crippen LogP contribution >= 0.6 is 0 Å². The summed E-state index contributed by atoms with van der Waals surface area (Å²) in [6.45, 7) is 2.23. The van der Waals surface area contributed by atoms with Crippen molar-refractivity contribution >= 4 is 0 Å². The van der Waals surface area contributed by atoms with Crippen molar-refractivity contribution in [3.05, 3.63) is 23.3 Å². The van der Waals surface area contributed by atoms with Crippen LogP contribution in [0.5, 0.6) is 11.5 Å². The number of nitrogens with zero attached hydrogens (tertiary/aromatic N) is 1. The predicted octanol–water partition coefficient (Wildman–Crippen LogP) is 0.408. The standard InChI is InChI=1S/C12H17N3O2/c1-15-3-2-8-6-10-11(17-5-4-16-10)7-9(8)12(15)14-13/h6-7,12,14H,2-5,13H2,1H3. The van der Waals surface area contributed by atoms with Crippen LogP contribution in [0.25, 0.3) is 0 Å². The second-order valence-corrected chi connectivity index (χ2v) is 4.49. The molecule has 5 nitrogen and oxygen atoms in total. The van der Waals surface area contributed by atoms with E-state index in [9.17, 15) is 0 Å². The third kappa shape index (κ3) is 1.76. The van der Waals surface area contributed by atoms with Gasteiger partial charge in [-0.1, -0.05) is 0 Å². The highest BCUT2D eigenvalue weighted by Gasteiger charge is 2.26. The normalized spacial score (nSPS) is 23.3. The molecule has 0 amide bonds. The second-order valence-electron chi connectivity index (χ2n) is 4.49. The Morgan fingerprint density at radius 2 is 2.00 bits per heavy atom. The summed E-state index contributed by atoms with van der Waals surface area (Å²) in [5, 5.41) is 0. The van der Waals surface area contributed by atoms with E-state index in [0.29, 0.717) is 13.2 Å². The quantitative estimate of drug-likeness (QED) is 0.545. The van der Waals surface area contributed by atoms with Gasteiger partial charge in [0, 0.05) is 6.54 Å². The average Bonchev–Trinajstić information content (AvgIpc) is 2.36. The van der Waals surface area contributed by atoms with Gasteiger partial charge in [0.25, 0.3) is 0 Å². The molecule has 3 rings (SSSR count). The predicted molar refractivity (Wildman–Crippen MR) is 63.8 cm³/mol. The highest BCUT2D eigenvalue weighted by atomic mass is 16.6. The summed E-state index contributed by atoms with van der Waals surface area (Å²) in [5.74, 6) is 7.30. The molecule has 17 heavy (non-hydrogen) atoms. The first kappa shape index (κ1) is 10.8. The number of hydrazine groups is 1. The van der Waals surface area contributed by atoms with Crippen LogP contribution in [0.4, 0.5) is 0 Å². The van der Waals surface area contributed by atoms with Crippen molar-refractivity contribution in [2.75, 3.05) is 26.8 Å². The first-order valence-corrected chi connectivity index (χ1v) is 5.88. The molecule has 1 unspecified atom stereocenters. The second kappa shape index (κ2) is 4.18. The van der Waals surface area contributed by atoms with E-state index in [0.717, 1.165) is 24.5 Å². The number of nitrogens with one attached hydrogen (secondary N) is 1. The minimum absolute atomic E-state index is 0.0505. The maximum absolute atomic E-state index is 5.62.